The quantitative estimate of drug-likeness (QED) is 0.405. The lowest BCUT2D eigenvalue weighted by atomic mass is 9.92. The number of carbonyl (C=O) groups excluding carboxylic acids is 2. The van der Waals surface area contributed by atoms with Crippen molar-refractivity contribution in [2.75, 3.05) is 6.54 Å². The molecular weight excluding hydrogens is 394 g/mol. The maximum Gasteiger partial charge on any atom is 0.305 e. The average molecular weight is 434 g/mol. The zero-order valence-electron chi connectivity index (χ0n) is 19.7. The first-order chi connectivity index (χ1) is 14.4. The lowest BCUT2D eigenvalue weighted by Gasteiger charge is -2.27. The molecule has 0 aliphatic rings. The lowest BCUT2D eigenvalue weighted by molar-refractivity contribution is -0.140. The Hall–Kier alpha value is -2.41. The fraction of sp³-hybridized carbons (Fsp3) is 0.625. The first-order valence-corrected chi connectivity index (χ1v) is 11.1. The van der Waals surface area contributed by atoms with Crippen molar-refractivity contribution in [1.82, 2.24) is 16.0 Å². The first-order valence-electron chi connectivity index (χ1n) is 11.1. The van der Waals surface area contributed by atoms with Crippen molar-refractivity contribution in [3.05, 3.63) is 35.9 Å². The third kappa shape index (κ3) is 9.96. The number of aliphatic carboxylic acids is 1. The Kier molecular flexibility index (Phi) is 10.7. The third-order valence-electron chi connectivity index (χ3n) is 5.13. The van der Waals surface area contributed by atoms with Crippen LogP contribution >= 0.6 is 0 Å². The van der Waals surface area contributed by atoms with Crippen LogP contribution in [0.5, 0.6) is 0 Å². The Balaban J connectivity index is 2.85. The summed E-state index contributed by atoms with van der Waals surface area (Å²) in [6.07, 6.45) is 1.16. The first kappa shape index (κ1) is 26.6. The second-order valence-electron chi connectivity index (χ2n) is 9.53. The van der Waals surface area contributed by atoms with E-state index in [0.717, 1.165) is 12.0 Å². The average Bonchev–Trinajstić information content (AvgIpc) is 2.68. The number of amides is 2. The van der Waals surface area contributed by atoms with Crippen LogP contribution in [0, 0.1) is 11.3 Å². The van der Waals surface area contributed by atoms with Gasteiger partial charge >= 0.3 is 5.97 Å². The molecule has 0 aliphatic heterocycles. The molecule has 174 valence electrons. The minimum absolute atomic E-state index is 0.0597. The Labute approximate surface area is 186 Å². The molecule has 0 spiro atoms. The predicted octanol–water partition coefficient (Wildman–Crippen LogP) is 3.26. The van der Waals surface area contributed by atoms with E-state index < -0.39 is 24.0 Å². The molecule has 0 aromatic heterocycles. The van der Waals surface area contributed by atoms with Gasteiger partial charge in [0.05, 0.1) is 18.5 Å². The van der Waals surface area contributed by atoms with Crippen LogP contribution in [0.15, 0.2) is 30.3 Å². The number of hydrogen-bond acceptors (Lipinski definition) is 4. The maximum atomic E-state index is 13.0. The summed E-state index contributed by atoms with van der Waals surface area (Å²) in [5.41, 5.74) is 1.06. The van der Waals surface area contributed by atoms with Gasteiger partial charge in [-0.1, -0.05) is 71.9 Å². The van der Waals surface area contributed by atoms with Gasteiger partial charge in [0.2, 0.25) is 11.8 Å². The SMILES string of the molecule is CC[C@H](NC(=O)[C@H](NC(=O)[C@H](CC(=O)O)NCCC(C)(C)C)C(C)C)c1ccccc1. The minimum Gasteiger partial charge on any atom is -0.481 e. The van der Waals surface area contributed by atoms with E-state index in [0.29, 0.717) is 13.0 Å². The summed E-state index contributed by atoms with van der Waals surface area (Å²) in [6, 6.07) is 7.86. The van der Waals surface area contributed by atoms with Crippen molar-refractivity contribution in [3.63, 3.8) is 0 Å². The summed E-state index contributed by atoms with van der Waals surface area (Å²) in [6.45, 7) is 12.5. The molecule has 4 N–H and O–H groups in total. The molecule has 7 nitrogen and oxygen atoms in total. The lowest BCUT2D eigenvalue weighted by Crippen LogP contribution is -2.55. The second-order valence-corrected chi connectivity index (χ2v) is 9.53. The normalized spacial score (nSPS) is 14.5. The summed E-state index contributed by atoms with van der Waals surface area (Å²) < 4.78 is 0. The van der Waals surface area contributed by atoms with E-state index in [4.69, 9.17) is 0 Å². The second kappa shape index (κ2) is 12.4. The van der Waals surface area contributed by atoms with Crippen LogP contribution in [0.3, 0.4) is 0 Å². The Morgan fingerprint density at radius 1 is 1.00 bits per heavy atom. The van der Waals surface area contributed by atoms with Gasteiger partial charge in [-0.2, -0.15) is 0 Å². The molecule has 0 fully saturated rings. The molecule has 31 heavy (non-hydrogen) atoms. The van der Waals surface area contributed by atoms with Crippen molar-refractivity contribution < 1.29 is 19.5 Å². The summed E-state index contributed by atoms with van der Waals surface area (Å²) in [4.78, 5) is 37.1. The van der Waals surface area contributed by atoms with Crippen molar-refractivity contribution in [2.24, 2.45) is 11.3 Å². The highest BCUT2D eigenvalue weighted by molar-refractivity contribution is 5.91. The van der Waals surface area contributed by atoms with Gasteiger partial charge in [0.25, 0.3) is 0 Å². The van der Waals surface area contributed by atoms with Crippen LogP contribution in [0.1, 0.15) is 72.4 Å². The highest BCUT2D eigenvalue weighted by Gasteiger charge is 2.30. The number of carbonyl (C=O) groups is 3. The topological polar surface area (TPSA) is 108 Å². The highest BCUT2D eigenvalue weighted by Crippen LogP contribution is 2.18. The predicted molar refractivity (Wildman–Crippen MR) is 123 cm³/mol. The van der Waals surface area contributed by atoms with Gasteiger partial charge in [-0.3, -0.25) is 14.4 Å². The molecule has 7 heteroatoms. The fourth-order valence-electron chi connectivity index (χ4n) is 3.21. The van der Waals surface area contributed by atoms with E-state index in [-0.39, 0.29) is 29.7 Å². The summed E-state index contributed by atoms with van der Waals surface area (Å²) in [5, 5.41) is 18.1. The van der Waals surface area contributed by atoms with Gasteiger partial charge in [0.1, 0.15) is 6.04 Å². The Morgan fingerprint density at radius 3 is 2.10 bits per heavy atom. The standard InChI is InChI=1S/C24H39N3O4/c1-7-18(17-11-9-8-10-12-17)26-23(31)21(16(2)3)27-22(30)19(15-20(28)29)25-14-13-24(4,5)6/h8-12,16,18-19,21,25H,7,13-15H2,1-6H3,(H,26,31)(H,27,30)(H,28,29)/t18-,19-,21+/m0/s1. The van der Waals surface area contributed by atoms with Crippen molar-refractivity contribution in [3.8, 4) is 0 Å². The Morgan fingerprint density at radius 2 is 1.61 bits per heavy atom. The van der Waals surface area contributed by atoms with Crippen LogP contribution in [0.2, 0.25) is 0 Å². The van der Waals surface area contributed by atoms with Crippen LogP contribution in [-0.4, -0.2) is 41.5 Å². The molecule has 1 aromatic carbocycles. The Bertz CT molecular complexity index is 713. The zero-order valence-corrected chi connectivity index (χ0v) is 19.7. The van der Waals surface area contributed by atoms with Gasteiger partial charge in [0.15, 0.2) is 0 Å². The third-order valence-corrected chi connectivity index (χ3v) is 5.13. The molecule has 0 bridgehead atoms. The molecule has 0 saturated heterocycles. The largest absolute Gasteiger partial charge is 0.481 e. The minimum atomic E-state index is -1.07. The van der Waals surface area contributed by atoms with Gasteiger partial charge in [-0.05, 0) is 36.3 Å². The van der Waals surface area contributed by atoms with Gasteiger partial charge in [-0.25, -0.2) is 0 Å². The molecule has 0 heterocycles. The molecule has 0 unspecified atom stereocenters. The summed E-state index contributed by atoms with van der Waals surface area (Å²) in [5.74, 6) is -1.97. The number of hydrogen-bond donors (Lipinski definition) is 4. The van der Waals surface area contributed by atoms with Crippen LogP contribution in [0.4, 0.5) is 0 Å². The molecule has 1 rings (SSSR count). The summed E-state index contributed by atoms with van der Waals surface area (Å²) >= 11 is 0. The van der Waals surface area contributed by atoms with Crippen molar-refractivity contribution in [1.29, 1.82) is 0 Å². The molecule has 0 saturated carbocycles. The maximum absolute atomic E-state index is 13.0. The number of benzene rings is 1. The molecular formula is C24H39N3O4. The van der Waals surface area contributed by atoms with Crippen molar-refractivity contribution >= 4 is 17.8 Å². The number of nitrogens with one attached hydrogen (secondary N) is 3. The molecule has 1 aromatic rings. The molecule has 3 atom stereocenters. The molecule has 2 amide bonds. The van der Waals surface area contributed by atoms with Gasteiger partial charge < -0.3 is 21.1 Å². The van der Waals surface area contributed by atoms with Gasteiger partial charge in [0, 0.05) is 0 Å². The molecule has 0 aliphatic carbocycles. The summed E-state index contributed by atoms with van der Waals surface area (Å²) in [7, 11) is 0. The number of rotatable bonds is 12. The van der Waals surface area contributed by atoms with Crippen molar-refractivity contribution in [2.45, 2.75) is 78.9 Å². The van der Waals surface area contributed by atoms with E-state index in [2.05, 4.69) is 36.7 Å². The van der Waals surface area contributed by atoms with E-state index in [9.17, 15) is 19.5 Å². The van der Waals surface area contributed by atoms with E-state index >= 15 is 0 Å². The number of carboxylic acids is 1. The van der Waals surface area contributed by atoms with Crippen LogP contribution in [0.25, 0.3) is 0 Å². The van der Waals surface area contributed by atoms with Crippen LogP contribution < -0.4 is 16.0 Å². The fourth-order valence-corrected chi connectivity index (χ4v) is 3.21. The van der Waals surface area contributed by atoms with E-state index in [1.807, 2.05) is 51.1 Å². The van der Waals surface area contributed by atoms with E-state index in [1.54, 1.807) is 0 Å². The molecule has 0 radical (unpaired) electrons. The smallest absolute Gasteiger partial charge is 0.305 e. The number of carboxylic acid groups (broad SMARTS) is 1. The monoisotopic (exact) mass is 433 g/mol. The van der Waals surface area contributed by atoms with Crippen LogP contribution in [-0.2, 0) is 14.4 Å². The van der Waals surface area contributed by atoms with Gasteiger partial charge in [-0.15, -0.1) is 0 Å². The van der Waals surface area contributed by atoms with E-state index in [1.165, 1.54) is 0 Å². The zero-order chi connectivity index (χ0) is 23.6. The highest BCUT2D eigenvalue weighted by atomic mass is 16.4.